The van der Waals surface area contributed by atoms with Gasteiger partial charge in [-0.25, -0.2) is 0 Å². The lowest BCUT2D eigenvalue weighted by atomic mass is 10.1. The number of rotatable bonds is 7. The third-order valence-electron chi connectivity index (χ3n) is 3.99. The van der Waals surface area contributed by atoms with Crippen LogP contribution in [-0.2, 0) is 11.3 Å². The van der Waals surface area contributed by atoms with Crippen LogP contribution in [0.2, 0.25) is 5.02 Å². The van der Waals surface area contributed by atoms with E-state index in [1.165, 1.54) is 0 Å². The Morgan fingerprint density at radius 1 is 0.929 bits per heavy atom. The van der Waals surface area contributed by atoms with Gasteiger partial charge in [-0.15, -0.1) is 0 Å². The zero-order chi connectivity index (χ0) is 19.8. The maximum absolute atomic E-state index is 12.8. The molecule has 140 valence electrons. The van der Waals surface area contributed by atoms with Crippen molar-refractivity contribution in [1.29, 1.82) is 0 Å². The second kappa shape index (κ2) is 9.53. The molecule has 0 aliphatic carbocycles. The molecule has 1 N–H and O–H groups in total. The number of nitrogens with one attached hydrogen (secondary N) is 1. The molecule has 4 nitrogen and oxygen atoms in total. The summed E-state index contributed by atoms with van der Waals surface area (Å²) in [5.41, 5.74) is 2.53. The Kier molecular flexibility index (Phi) is 6.60. The van der Waals surface area contributed by atoms with Gasteiger partial charge in [0.05, 0.1) is 10.6 Å². The molecule has 0 radical (unpaired) electrons. The van der Waals surface area contributed by atoms with Crippen molar-refractivity contribution in [2.75, 3.05) is 0 Å². The highest BCUT2D eigenvalue weighted by molar-refractivity contribution is 6.33. The molecule has 0 atom stereocenters. The first-order valence-corrected chi connectivity index (χ1v) is 9.06. The van der Waals surface area contributed by atoms with Crippen LogP contribution in [0.25, 0.3) is 5.70 Å². The Labute approximate surface area is 169 Å². The Hall–Kier alpha value is -3.37. The molecular formula is C23H19ClN2O2. The van der Waals surface area contributed by atoms with Crippen LogP contribution in [0, 0.1) is 0 Å². The lowest BCUT2D eigenvalue weighted by Gasteiger charge is -2.16. The van der Waals surface area contributed by atoms with Gasteiger partial charge in [0, 0.05) is 5.56 Å². The molecule has 0 bridgehead atoms. The molecule has 3 aromatic carbocycles. The molecule has 0 heterocycles. The Balaban J connectivity index is 1.94. The number of carbonyl (C=O) groups is 1. The van der Waals surface area contributed by atoms with E-state index in [-0.39, 0.29) is 18.4 Å². The van der Waals surface area contributed by atoms with E-state index in [0.717, 1.165) is 11.1 Å². The highest BCUT2D eigenvalue weighted by atomic mass is 35.5. The van der Waals surface area contributed by atoms with E-state index in [1.807, 2.05) is 60.7 Å². The van der Waals surface area contributed by atoms with Crippen LogP contribution in [-0.4, -0.2) is 12.6 Å². The van der Waals surface area contributed by atoms with Crippen molar-refractivity contribution < 1.29 is 9.53 Å². The number of hydrogen-bond acceptors (Lipinski definition) is 3. The molecule has 1 amide bonds. The summed E-state index contributed by atoms with van der Waals surface area (Å²) in [4.78, 5) is 16.9. The minimum Gasteiger partial charge on any atom is -0.472 e. The van der Waals surface area contributed by atoms with Crippen LogP contribution in [0.1, 0.15) is 21.5 Å². The monoisotopic (exact) mass is 390 g/mol. The highest BCUT2D eigenvalue weighted by Gasteiger charge is 2.16. The van der Waals surface area contributed by atoms with Crippen LogP contribution in [0.3, 0.4) is 0 Å². The first-order valence-electron chi connectivity index (χ1n) is 8.68. The molecule has 3 aromatic rings. The highest BCUT2D eigenvalue weighted by Crippen LogP contribution is 2.22. The van der Waals surface area contributed by atoms with E-state index in [1.54, 1.807) is 24.3 Å². The Morgan fingerprint density at radius 2 is 1.54 bits per heavy atom. The summed E-state index contributed by atoms with van der Waals surface area (Å²) < 4.78 is 5.94. The standard InChI is InChI=1S/C23H19ClN2O2/c1-25-21(18-12-6-3-7-13-18)23(28-16-17-10-4-2-5-11-17)26-22(27)19-14-8-9-15-20(19)24/h2-15H,1,16H2,(H,26,27)/b23-21-. The topological polar surface area (TPSA) is 50.7 Å². The van der Waals surface area contributed by atoms with Crippen LogP contribution >= 0.6 is 11.6 Å². The van der Waals surface area contributed by atoms with Gasteiger partial charge in [0.15, 0.2) is 0 Å². The maximum Gasteiger partial charge on any atom is 0.259 e. The smallest absolute Gasteiger partial charge is 0.259 e. The van der Waals surface area contributed by atoms with Crippen molar-refractivity contribution in [3.63, 3.8) is 0 Å². The molecule has 0 aliphatic heterocycles. The summed E-state index contributed by atoms with van der Waals surface area (Å²) in [5.74, 6) is -0.166. The maximum atomic E-state index is 12.8. The van der Waals surface area contributed by atoms with Crippen molar-refractivity contribution in [2.24, 2.45) is 4.99 Å². The van der Waals surface area contributed by atoms with E-state index >= 15 is 0 Å². The van der Waals surface area contributed by atoms with Crippen molar-refractivity contribution in [3.8, 4) is 0 Å². The van der Waals surface area contributed by atoms with E-state index in [0.29, 0.717) is 16.3 Å². The molecule has 0 fully saturated rings. The molecule has 0 spiro atoms. The largest absolute Gasteiger partial charge is 0.472 e. The number of amides is 1. The van der Waals surface area contributed by atoms with Gasteiger partial charge in [0.2, 0.25) is 5.88 Å². The predicted octanol–water partition coefficient (Wildman–Crippen LogP) is 5.31. The Morgan fingerprint density at radius 3 is 2.18 bits per heavy atom. The molecular weight excluding hydrogens is 372 g/mol. The third kappa shape index (κ3) is 4.87. The number of benzene rings is 3. The van der Waals surface area contributed by atoms with E-state index in [4.69, 9.17) is 16.3 Å². The average molecular weight is 391 g/mol. The average Bonchev–Trinajstić information content (AvgIpc) is 2.74. The normalized spacial score (nSPS) is 11.3. The molecule has 0 saturated carbocycles. The molecule has 28 heavy (non-hydrogen) atoms. The van der Waals surface area contributed by atoms with Gasteiger partial charge >= 0.3 is 0 Å². The number of hydrogen-bond donors (Lipinski definition) is 1. The van der Waals surface area contributed by atoms with Gasteiger partial charge in [-0.05, 0) is 24.4 Å². The zero-order valence-corrected chi connectivity index (χ0v) is 15.9. The molecule has 0 saturated heterocycles. The minimum absolute atomic E-state index is 0.218. The summed E-state index contributed by atoms with van der Waals surface area (Å²) in [7, 11) is 0. The molecule has 0 aromatic heterocycles. The van der Waals surface area contributed by atoms with Crippen molar-refractivity contribution in [3.05, 3.63) is 113 Å². The summed E-state index contributed by atoms with van der Waals surface area (Å²) in [6.07, 6.45) is 0. The van der Waals surface area contributed by atoms with Crippen molar-refractivity contribution >= 4 is 29.9 Å². The lowest BCUT2D eigenvalue weighted by Crippen LogP contribution is -2.25. The van der Waals surface area contributed by atoms with Gasteiger partial charge in [0.25, 0.3) is 5.91 Å². The van der Waals surface area contributed by atoms with Gasteiger partial charge in [0.1, 0.15) is 12.3 Å². The molecule has 5 heteroatoms. The van der Waals surface area contributed by atoms with Gasteiger partial charge in [-0.3, -0.25) is 15.1 Å². The number of ether oxygens (including phenoxy) is 1. The summed E-state index contributed by atoms with van der Waals surface area (Å²) in [5, 5.41) is 3.15. The SMILES string of the molecule is C=N/C(=C(/NC(=O)c1ccccc1Cl)OCc1ccccc1)c1ccccc1. The van der Waals surface area contributed by atoms with E-state index in [2.05, 4.69) is 17.0 Å². The fourth-order valence-electron chi connectivity index (χ4n) is 2.60. The van der Waals surface area contributed by atoms with Crippen LogP contribution in [0.4, 0.5) is 0 Å². The second-order valence-electron chi connectivity index (χ2n) is 5.91. The van der Waals surface area contributed by atoms with Crippen LogP contribution < -0.4 is 5.32 Å². The lowest BCUT2D eigenvalue weighted by molar-refractivity contribution is 0.0912. The second-order valence-corrected chi connectivity index (χ2v) is 6.32. The number of carbonyl (C=O) groups excluding carboxylic acids is 1. The fourth-order valence-corrected chi connectivity index (χ4v) is 2.82. The molecule has 0 unspecified atom stereocenters. The number of halogens is 1. The summed E-state index contributed by atoms with van der Waals surface area (Å²) in [6.45, 7) is 3.91. The number of aliphatic imine (C=N–C) groups is 1. The van der Waals surface area contributed by atoms with E-state index < -0.39 is 0 Å². The predicted molar refractivity (Wildman–Crippen MR) is 113 cm³/mol. The Bertz CT molecular complexity index is 986. The van der Waals surface area contributed by atoms with Gasteiger partial charge in [-0.2, -0.15) is 0 Å². The minimum atomic E-state index is -0.384. The van der Waals surface area contributed by atoms with Crippen molar-refractivity contribution in [2.45, 2.75) is 6.61 Å². The third-order valence-corrected chi connectivity index (χ3v) is 4.32. The first kappa shape index (κ1) is 19.4. The van der Waals surface area contributed by atoms with Gasteiger partial charge < -0.3 is 4.74 Å². The van der Waals surface area contributed by atoms with Crippen LogP contribution in [0.15, 0.2) is 95.8 Å². The first-order chi connectivity index (χ1) is 13.7. The van der Waals surface area contributed by atoms with Gasteiger partial charge in [-0.1, -0.05) is 84.4 Å². The summed E-state index contributed by atoms with van der Waals surface area (Å²) in [6, 6.07) is 25.9. The van der Waals surface area contributed by atoms with Crippen molar-refractivity contribution in [1.82, 2.24) is 5.32 Å². The molecule has 0 aliphatic rings. The molecule has 3 rings (SSSR count). The van der Waals surface area contributed by atoms with Crippen LogP contribution in [0.5, 0.6) is 0 Å². The zero-order valence-electron chi connectivity index (χ0n) is 15.1. The fraction of sp³-hybridized carbons (Fsp3) is 0.0435. The summed E-state index contributed by atoms with van der Waals surface area (Å²) >= 11 is 6.15. The number of nitrogens with zero attached hydrogens (tertiary/aromatic N) is 1. The quantitative estimate of drug-likeness (QED) is 0.439. The van der Waals surface area contributed by atoms with E-state index in [9.17, 15) is 4.79 Å².